The van der Waals surface area contributed by atoms with Gasteiger partial charge in [-0.3, -0.25) is 4.79 Å². The number of carbonyl (C=O) groups is 1. The summed E-state index contributed by atoms with van der Waals surface area (Å²) >= 11 is 0. The van der Waals surface area contributed by atoms with Crippen molar-refractivity contribution < 1.29 is 26.9 Å². The summed E-state index contributed by atoms with van der Waals surface area (Å²) < 4.78 is 41.2. The van der Waals surface area contributed by atoms with Crippen molar-refractivity contribution in [3.8, 4) is 17.2 Å². The Kier molecular flexibility index (Phi) is 7.68. The summed E-state index contributed by atoms with van der Waals surface area (Å²) in [7, 11) is -1.06. The maximum absolute atomic E-state index is 12.8. The van der Waals surface area contributed by atoms with E-state index in [0.29, 0.717) is 17.1 Å². The van der Waals surface area contributed by atoms with Crippen molar-refractivity contribution in [3.05, 3.63) is 83.4 Å². The molecule has 0 heterocycles. The van der Waals surface area contributed by atoms with Crippen LogP contribution in [0.25, 0.3) is 0 Å². The van der Waals surface area contributed by atoms with Gasteiger partial charge in [0, 0.05) is 5.56 Å². The minimum Gasteiger partial charge on any atom is -0.493 e. The number of hydrogen-bond donors (Lipinski definition) is 1. The Labute approximate surface area is 192 Å². The maximum atomic E-state index is 12.8. The number of rotatable bonds is 9. The number of nitrogens with zero attached hydrogens (tertiary/aromatic N) is 1. The van der Waals surface area contributed by atoms with Crippen LogP contribution in [0.2, 0.25) is 0 Å². The summed E-state index contributed by atoms with van der Waals surface area (Å²) in [5.74, 6) is 0.894. The van der Waals surface area contributed by atoms with Crippen molar-refractivity contribution in [3.63, 3.8) is 0 Å². The van der Waals surface area contributed by atoms with E-state index in [1.807, 2.05) is 6.92 Å². The van der Waals surface area contributed by atoms with E-state index in [2.05, 4.69) is 10.5 Å². The van der Waals surface area contributed by atoms with E-state index >= 15 is 0 Å². The first kappa shape index (κ1) is 23.8. The number of hydrazone groups is 1. The zero-order valence-corrected chi connectivity index (χ0v) is 19.3. The standard InChI is InChI=1S/C24H24N2O6S/c1-17-9-12-23(33(28,29)32-20-7-5-4-6-8-20)19(13-17)16-25-26-24(27)15-18-10-11-21(30-2)22(14-18)31-3/h4-14,16H,15H2,1-3H3,(H,26,27). The number of benzene rings is 3. The van der Waals surface area contributed by atoms with Gasteiger partial charge in [0.15, 0.2) is 11.5 Å². The van der Waals surface area contributed by atoms with Crippen molar-refractivity contribution in [1.29, 1.82) is 0 Å². The van der Waals surface area contributed by atoms with Gasteiger partial charge in [0.1, 0.15) is 10.6 Å². The van der Waals surface area contributed by atoms with Crippen LogP contribution in [0, 0.1) is 6.92 Å². The minimum absolute atomic E-state index is 0.0494. The van der Waals surface area contributed by atoms with Gasteiger partial charge in [0.25, 0.3) is 0 Å². The van der Waals surface area contributed by atoms with Crippen molar-refractivity contribution in [2.75, 3.05) is 14.2 Å². The SMILES string of the molecule is COc1ccc(CC(=O)NN=Cc2cc(C)ccc2S(=O)(=O)Oc2ccccc2)cc1OC. The van der Waals surface area contributed by atoms with Crippen LogP contribution < -0.4 is 19.1 Å². The van der Waals surface area contributed by atoms with Crippen LogP contribution in [-0.4, -0.2) is 34.8 Å². The van der Waals surface area contributed by atoms with Crippen LogP contribution in [0.4, 0.5) is 0 Å². The number of aryl methyl sites for hydroxylation is 1. The Balaban J connectivity index is 1.73. The Morgan fingerprint density at radius 2 is 1.70 bits per heavy atom. The molecular weight excluding hydrogens is 444 g/mol. The molecule has 0 fully saturated rings. The predicted octanol–water partition coefficient (Wildman–Crippen LogP) is 3.47. The van der Waals surface area contributed by atoms with Gasteiger partial charge in [-0.15, -0.1) is 0 Å². The lowest BCUT2D eigenvalue weighted by atomic mass is 10.1. The highest BCUT2D eigenvalue weighted by Gasteiger charge is 2.20. The van der Waals surface area contributed by atoms with Crippen LogP contribution >= 0.6 is 0 Å². The minimum atomic E-state index is -4.10. The molecule has 0 atom stereocenters. The molecule has 3 aromatic rings. The normalized spacial score (nSPS) is 11.2. The summed E-state index contributed by atoms with van der Waals surface area (Å²) in [6.07, 6.45) is 1.33. The van der Waals surface area contributed by atoms with Crippen molar-refractivity contribution in [2.45, 2.75) is 18.2 Å². The molecule has 0 saturated heterocycles. The predicted molar refractivity (Wildman–Crippen MR) is 124 cm³/mol. The number of nitrogens with one attached hydrogen (secondary N) is 1. The molecule has 0 aromatic heterocycles. The van der Waals surface area contributed by atoms with E-state index in [1.165, 1.54) is 26.5 Å². The first-order chi connectivity index (χ1) is 15.8. The summed E-state index contributed by atoms with van der Waals surface area (Å²) in [6.45, 7) is 1.82. The van der Waals surface area contributed by atoms with Crippen LogP contribution in [0.5, 0.6) is 17.2 Å². The largest absolute Gasteiger partial charge is 0.493 e. The molecule has 3 rings (SSSR count). The third-order valence-electron chi connectivity index (χ3n) is 4.59. The number of methoxy groups -OCH3 is 2. The van der Waals surface area contributed by atoms with E-state index in [4.69, 9.17) is 13.7 Å². The van der Waals surface area contributed by atoms with Gasteiger partial charge in [-0.2, -0.15) is 13.5 Å². The fourth-order valence-electron chi connectivity index (χ4n) is 3.03. The molecule has 9 heteroatoms. The molecule has 0 aliphatic rings. The molecular formula is C24H24N2O6S. The highest BCUT2D eigenvalue weighted by Crippen LogP contribution is 2.27. The van der Waals surface area contributed by atoms with Crippen molar-refractivity contribution in [1.82, 2.24) is 5.43 Å². The topological polar surface area (TPSA) is 103 Å². The number of carbonyl (C=O) groups excluding carboxylic acids is 1. The second-order valence-corrected chi connectivity index (χ2v) is 8.57. The van der Waals surface area contributed by atoms with Gasteiger partial charge >= 0.3 is 10.1 Å². The second-order valence-electron chi connectivity index (χ2n) is 7.05. The third-order valence-corrected chi connectivity index (χ3v) is 5.91. The Bertz CT molecular complexity index is 1260. The van der Waals surface area contributed by atoms with E-state index in [9.17, 15) is 13.2 Å². The first-order valence-electron chi connectivity index (χ1n) is 9.95. The number of hydrogen-bond acceptors (Lipinski definition) is 7. The van der Waals surface area contributed by atoms with Crippen LogP contribution in [-0.2, 0) is 21.3 Å². The smallest absolute Gasteiger partial charge is 0.339 e. The molecule has 0 radical (unpaired) electrons. The Morgan fingerprint density at radius 3 is 2.39 bits per heavy atom. The summed E-state index contributed by atoms with van der Waals surface area (Å²) in [4.78, 5) is 12.2. The van der Waals surface area contributed by atoms with E-state index in [1.54, 1.807) is 60.7 Å². The molecule has 33 heavy (non-hydrogen) atoms. The fraction of sp³-hybridized carbons (Fsp3) is 0.167. The van der Waals surface area contributed by atoms with Crippen molar-refractivity contribution in [2.24, 2.45) is 5.10 Å². The average molecular weight is 469 g/mol. The summed E-state index contributed by atoms with van der Waals surface area (Å²) in [6, 6.07) is 18.1. The van der Waals surface area contributed by atoms with Gasteiger partial charge in [0.05, 0.1) is 26.9 Å². The van der Waals surface area contributed by atoms with E-state index < -0.39 is 10.1 Å². The highest BCUT2D eigenvalue weighted by molar-refractivity contribution is 7.87. The average Bonchev–Trinajstić information content (AvgIpc) is 2.79. The first-order valence-corrected chi connectivity index (χ1v) is 11.4. The zero-order chi connectivity index (χ0) is 23.8. The molecule has 1 N–H and O–H groups in total. The lowest BCUT2D eigenvalue weighted by molar-refractivity contribution is -0.120. The molecule has 1 amide bonds. The monoisotopic (exact) mass is 468 g/mol. The lowest BCUT2D eigenvalue weighted by Gasteiger charge is -2.10. The molecule has 8 nitrogen and oxygen atoms in total. The number of amides is 1. The molecule has 0 spiro atoms. The van der Waals surface area contributed by atoms with E-state index in [0.717, 1.165) is 5.56 Å². The zero-order valence-electron chi connectivity index (χ0n) is 18.4. The molecule has 0 aliphatic heterocycles. The Morgan fingerprint density at radius 1 is 0.970 bits per heavy atom. The third kappa shape index (κ3) is 6.33. The summed E-state index contributed by atoms with van der Waals surface area (Å²) in [5, 5.41) is 3.94. The molecule has 0 saturated carbocycles. The molecule has 172 valence electrons. The number of para-hydroxylation sites is 1. The summed E-state index contributed by atoms with van der Waals surface area (Å²) in [5.41, 5.74) is 4.24. The van der Waals surface area contributed by atoms with Crippen LogP contribution in [0.15, 0.2) is 76.7 Å². The van der Waals surface area contributed by atoms with Crippen LogP contribution in [0.3, 0.4) is 0 Å². The number of ether oxygens (including phenoxy) is 2. The maximum Gasteiger partial charge on any atom is 0.339 e. The lowest BCUT2D eigenvalue weighted by Crippen LogP contribution is -2.20. The molecule has 0 bridgehead atoms. The second kappa shape index (κ2) is 10.6. The van der Waals surface area contributed by atoms with E-state index in [-0.39, 0.29) is 28.5 Å². The quantitative estimate of drug-likeness (QED) is 0.293. The van der Waals surface area contributed by atoms with Crippen molar-refractivity contribution >= 4 is 22.2 Å². The Hall–Kier alpha value is -3.85. The van der Waals surface area contributed by atoms with Gasteiger partial charge in [-0.05, 0) is 48.9 Å². The fourth-order valence-corrected chi connectivity index (χ4v) is 4.12. The van der Waals surface area contributed by atoms with Gasteiger partial charge in [-0.1, -0.05) is 35.9 Å². The molecule has 3 aromatic carbocycles. The van der Waals surface area contributed by atoms with Gasteiger partial charge in [0.2, 0.25) is 5.91 Å². The molecule has 0 aliphatic carbocycles. The van der Waals surface area contributed by atoms with Gasteiger partial charge < -0.3 is 13.7 Å². The van der Waals surface area contributed by atoms with Crippen LogP contribution in [0.1, 0.15) is 16.7 Å². The molecule has 0 unspecified atom stereocenters. The highest BCUT2D eigenvalue weighted by atomic mass is 32.2. The van der Waals surface area contributed by atoms with Gasteiger partial charge in [-0.25, -0.2) is 5.43 Å².